The largest absolute Gasteiger partial charge is 0.479 e. The van der Waals surface area contributed by atoms with E-state index in [9.17, 15) is 14.9 Å². The molecule has 1 aromatic carbocycles. The van der Waals surface area contributed by atoms with Crippen LogP contribution in [0.4, 0.5) is 5.69 Å². The van der Waals surface area contributed by atoms with Crippen LogP contribution in [0.3, 0.4) is 0 Å². The monoisotopic (exact) mass is 251 g/mol. The highest BCUT2D eigenvalue weighted by molar-refractivity contribution is 5.69. The normalized spacial score (nSPS) is 9.83. The Kier molecular flexibility index (Phi) is 4.42. The molecule has 0 saturated heterocycles. The van der Waals surface area contributed by atoms with E-state index in [0.717, 1.165) is 5.56 Å². The molecular formula is C12H13NO5. The summed E-state index contributed by atoms with van der Waals surface area (Å²) >= 11 is 0. The Morgan fingerprint density at radius 3 is 2.78 bits per heavy atom. The quantitative estimate of drug-likeness (QED) is 0.475. The zero-order chi connectivity index (χ0) is 13.7. The Labute approximate surface area is 104 Å². The van der Waals surface area contributed by atoms with E-state index in [0.29, 0.717) is 12.0 Å². The summed E-state index contributed by atoms with van der Waals surface area (Å²) in [5, 5.41) is 19.5. The molecule has 0 bridgehead atoms. The highest BCUT2D eigenvalue weighted by Crippen LogP contribution is 2.33. The van der Waals surface area contributed by atoms with Gasteiger partial charge >= 0.3 is 11.7 Å². The molecular weight excluding hydrogens is 238 g/mol. The molecule has 0 heterocycles. The number of carboxylic acid groups (broad SMARTS) is 1. The highest BCUT2D eigenvalue weighted by Gasteiger charge is 2.21. The number of nitrogens with zero attached hydrogens (tertiary/aromatic N) is 1. The Bertz CT molecular complexity index is 495. The van der Waals surface area contributed by atoms with Crippen LogP contribution in [-0.2, 0) is 11.2 Å². The standard InChI is InChI=1S/C12H13NO5/c1-3-4-9-8(2)5-6-10(13(16)17)12(9)18-7-11(14)15/h3,5-6H,1,4,7H2,2H3,(H,14,15). The number of nitro groups is 1. The second kappa shape index (κ2) is 5.81. The molecule has 0 amide bonds. The van der Waals surface area contributed by atoms with Gasteiger partial charge in [0.2, 0.25) is 5.75 Å². The first-order valence-corrected chi connectivity index (χ1v) is 5.19. The zero-order valence-corrected chi connectivity index (χ0v) is 9.88. The Hall–Kier alpha value is -2.37. The number of aliphatic carboxylic acids is 1. The van der Waals surface area contributed by atoms with Crippen molar-refractivity contribution in [2.24, 2.45) is 0 Å². The van der Waals surface area contributed by atoms with E-state index in [1.807, 2.05) is 0 Å². The minimum Gasteiger partial charge on any atom is -0.479 e. The van der Waals surface area contributed by atoms with Gasteiger partial charge in [-0.2, -0.15) is 0 Å². The molecule has 0 radical (unpaired) electrons. The predicted molar refractivity (Wildman–Crippen MR) is 64.9 cm³/mol. The molecule has 96 valence electrons. The SMILES string of the molecule is C=CCc1c(C)ccc([N+](=O)[O-])c1OCC(=O)O. The third-order valence-electron chi connectivity index (χ3n) is 2.36. The summed E-state index contributed by atoms with van der Waals surface area (Å²) < 4.78 is 5.04. The summed E-state index contributed by atoms with van der Waals surface area (Å²) in [6.45, 7) is 4.72. The Morgan fingerprint density at radius 2 is 2.28 bits per heavy atom. The van der Waals surface area contributed by atoms with Crippen LogP contribution in [0.25, 0.3) is 0 Å². The van der Waals surface area contributed by atoms with Crippen molar-refractivity contribution in [3.05, 3.63) is 46.0 Å². The molecule has 6 heteroatoms. The lowest BCUT2D eigenvalue weighted by Crippen LogP contribution is -2.12. The van der Waals surface area contributed by atoms with E-state index in [1.165, 1.54) is 6.07 Å². The van der Waals surface area contributed by atoms with Gasteiger partial charge in [0.05, 0.1) is 4.92 Å². The highest BCUT2D eigenvalue weighted by atomic mass is 16.6. The lowest BCUT2D eigenvalue weighted by Gasteiger charge is -2.11. The van der Waals surface area contributed by atoms with Gasteiger partial charge in [-0.25, -0.2) is 4.79 Å². The van der Waals surface area contributed by atoms with Crippen LogP contribution in [0.15, 0.2) is 24.8 Å². The molecule has 0 aliphatic carbocycles. The van der Waals surface area contributed by atoms with Gasteiger partial charge in [-0.1, -0.05) is 12.1 Å². The summed E-state index contributed by atoms with van der Waals surface area (Å²) in [6, 6.07) is 2.91. The summed E-state index contributed by atoms with van der Waals surface area (Å²) in [7, 11) is 0. The number of hydrogen-bond acceptors (Lipinski definition) is 4. The Balaban J connectivity index is 3.28. The third kappa shape index (κ3) is 3.07. The molecule has 0 aromatic heterocycles. The van der Waals surface area contributed by atoms with Crippen LogP contribution in [-0.4, -0.2) is 22.6 Å². The fourth-order valence-corrected chi connectivity index (χ4v) is 1.55. The van der Waals surface area contributed by atoms with E-state index in [-0.39, 0.29) is 11.4 Å². The fraction of sp³-hybridized carbons (Fsp3) is 0.250. The number of benzene rings is 1. The molecule has 0 saturated carbocycles. The van der Waals surface area contributed by atoms with Gasteiger partial charge in [0.25, 0.3) is 0 Å². The Morgan fingerprint density at radius 1 is 1.61 bits per heavy atom. The molecule has 1 rings (SSSR count). The number of nitro benzene ring substituents is 1. The molecule has 1 aromatic rings. The van der Waals surface area contributed by atoms with Crippen LogP contribution >= 0.6 is 0 Å². The summed E-state index contributed by atoms with van der Waals surface area (Å²) in [5.74, 6) is -1.18. The van der Waals surface area contributed by atoms with E-state index in [2.05, 4.69) is 6.58 Å². The van der Waals surface area contributed by atoms with Crippen molar-refractivity contribution in [1.29, 1.82) is 0 Å². The van der Waals surface area contributed by atoms with Crippen molar-refractivity contribution in [2.75, 3.05) is 6.61 Å². The lowest BCUT2D eigenvalue weighted by atomic mass is 10.0. The summed E-state index contributed by atoms with van der Waals surface area (Å²) in [6.07, 6.45) is 1.96. The first-order chi connectivity index (χ1) is 8.47. The van der Waals surface area contributed by atoms with E-state index >= 15 is 0 Å². The van der Waals surface area contributed by atoms with Gasteiger partial charge in [-0.05, 0) is 18.9 Å². The first kappa shape index (κ1) is 13.7. The van der Waals surface area contributed by atoms with Crippen LogP contribution in [0.1, 0.15) is 11.1 Å². The smallest absolute Gasteiger partial charge is 0.341 e. The van der Waals surface area contributed by atoms with Crippen LogP contribution in [0.2, 0.25) is 0 Å². The molecule has 0 aliphatic rings. The summed E-state index contributed by atoms with van der Waals surface area (Å²) in [5.41, 5.74) is 1.14. The van der Waals surface area contributed by atoms with Gasteiger partial charge in [0.15, 0.2) is 6.61 Å². The number of carboxylic acids is 1. The second-order valence-corrected chi connectivity index (χ2v) is 3.64. The van der Waals surface area contributed by atoms with Crippen LogP contribution in [0, 0.1) is 17.0 Å². The third-order valence-corrected chi connectivity index (χ3v) is 2.36. The lowest BCUT2D eigenvalue weighted by molar-refractivity contribution is -0.385. The minimum atomic E-state index is -1.18. The summed E-state index contributed by atoms with van der Waals surface area (Å²) in [4.78, 5) is 20.8. The number of allylic oxidation sites excluding steroid dienone is 1. The average Bonchev–Trinajstić information content (AvgIpc) is 2.29. The van der Waals surface area contributed by atoms with E-state index < -0.39 is 17.5 Å². The van der Waals surface area contributed by atoms with Gasteiger partial charge in [0, 0.05) is 11.6 Å². The fourth-order valence-electron chi connectivity index (χ4n) is 1.55. The van der Waals surface area contributed by atoms with Crippen molar-refractivity contribution >= 4 is 11.7 Å². The van der Waals surface area contributed by atoms with E-state index in [4.69, 9.17) is 9.84 Å². The topological polar surface area (TPSA) is 89.7 Å². The molecule has 0 atom stereocenters. The number of rotatable bonds is 6. The molecule has 0 aliphatic heterocycles. The van der Waals surface area contributed by atoms with Gasteiger partial charge in [-0.3, -0.25) is 10.1 Å². The average molecular weight is 251 g/mol. The van der Waals surface area contributed by atoms with Crippen molar-refractivity contribution in [1.82, 2.24) is 0 Å². The minimum absolute atomic E-state index is 0.00213. The van der Waals surface area contributed by atoms with Crippen molar-refractivity contribution in [3.63, 3.8) is 0 Å². The van der Waals surface area contributed by atoms with Gasteiger partial charge in [0.1, 0.15) is 0 Å². The maximum Gasteiger partial charge on any atom is 0.341 e. The number of ether oxygens (including phenoxy) is 1. The van der Waals surface area contributed by atoms with Gasteiger partial charge in [-0.15, -0.1) is 6.58 Å². The molecule has 0 spiro atoms. The van der Waals surface area contributed by atoms with E-state index in [1.54, 1.807) is 19.1 Å². The second-order valence-electron chi connectivity index (χ2n) is 3.64. The van der Waals surface area contributed by atoms with Crippen LogP contribution < -0.4 is 4.74 Å². The number of aryl methyl sites for hydroxylation is 1. The molecule has 1 N–H and O–H groups in total. The van der Waals surface area contributed by atoms with Gasteiger partial charge < -0.3 is 9.84 Å². The molecule has 18 heavy (non-hydrogen) atoms. The van der Waals surface area contributed by atoms with Crippen molar-refractivity contribution in [3.8, 4) is 5.75 Å². The zero-order valence-electron chi connectivity index (χ0n) is 9.88. The number of carbonyl (C=O) groups is 1. The predicted octanol–water partition coefficient (Wildman–Crippen LogP) is 2.10. The first-order valence-electron chi connectivity index (χ1n) is 5.19. The van der Waals surface area contributed by atoms with Crippen molar-refractivity contribution in [2.45, 2.75) is 13.3 Å². The number of hydrogen-bond donors (Lipinski definition) is 1. The van der Waals surface area contributed by atoms with Crippen molar-refractivity contribution < 1.29 is 19.6 Å². The molecule has 0 fully saturated rings. The van der Waals surface area contributed by atoms with Crippen LogP contribution in [0.5, 0.6) is 5.75 Å². The maximum atomic E-state index is 10.9. The molecule has 0 unspecified atom stereocenters. The molecule has 6 nitrogen and oxygen atoms in total. The maximum absolute atomic E-state index is 10.9.